The van der Waals surface area contributed by atoms with Crippen molar-refractivity contribution in [2.75, 3.05) is 20.2 Å². The van der Waals surface area contributed by atoms with Gasteiger partial charge >= 0.3 is 0 Å². The van der Waals surface area contributed by atoms with Crippen molar-refractivity contribution in [2.24, 2.45) is 5.73 Å². The van der Waals surface area contributed by atoms with Gasteiger partial charge in [-0.2, -0.15) is 0 Å². The van der Waals surface area contributed by atoms with E-state index in [9.17, 15) is 4.79 Å². The second-order valence-corrected chi connectivity index (χ2v) is 4.97. The molecule has 19 heavy (non-hydrogen) atoms. The normalized spacial score (nSPS) is 18.6. The second-order valence-electron chi connectivity index (χ2n) is 4.97. The molecule has 0 aliphatic carbocycles. The Bertz CT molecular complexity index is 434. The molecule has 1 saturated heterocycles. The molecule has 2 rings (SSSR count). The van der Waals surface area contributed by atoms with E-state index >= 15 is 0 Å². The van der Waals surface area contributed by atoms with E-state index in [4.69, 9.17) is 10.5 Å². The minimum absolute atomic E-state index is 0.218. The van der Waals surface area contributed by atoms with Crippen molar-refractivity contribution in [2.45, 2.75) is 31.7 Å². The van der Waals surface area contributed by atoms with Gasteiger partial charge in [0, 0.05) is 25.6 Å². The maximum Gasteiger partial charge on any atom is 0.223 e. The minimum atomic E-state index is 0.218. The number of hydrogen-bond acceptors (Lipinski definition) is 3. The smallest absolute Gasteiger partial charge is 0.223 e. The Morgan fingerprint density at radius 2 is 2.37 bits per heavy atom. The molecule has 4 nitrogen and oxygen atoms in total. The molecule has 104 valence electrons. The lowest BCUT2D eigenvalue weighted by Crippen LogP contribution is -2.39. The highest BCUT2D eigenvalue weighted by atomic mass is 16.5. The van der Waals surface area contributed by atoms with Gasteiger partial charge in [-0.05, 0) is 37.0 Å². The number of nitrogens with two attached hydrogens (primary N) is 1. The van der Waals surface area contributed by atoms with Gasteiger partial charge in [-0.3, -0.25) is 4.79 Å². The van der Waals surface area contributed by atoms with Crippen LogP contribution in [0.15, 0.2) is 24.3 Å². The Hall–Kier alpha value is -1.55. The highest BCUT2D eigenvalue weighted by molar-refractivity contribution is 5.77. The lowest BCUT2D eigenvalue weighted by atomic mass is 10.1. The predicted octanol–water partition coefficient (Wildman–Crippen LogP) is 1.58. The zero-order valence-electron chi connectivity index (χ0n) is 11.5. The van der Waals surface area contributed by atoms with Crippen molar-refractivity contribution in [1.29, 1.82) is 0 Å². The van der Waals surface area contributed by atoms with Gasteiger partial charge in [0.15, 0.2) is 0 Å². The van der Waals surface area contributed by atoms with Crippen LogP contribution in [-0.2, 0) is 11.2 Å². The van der Waals surface area contributed by atoms with Crippen molar-refractivity contribution in [1.82, 2.24) is 4.90 Å². The third-order valence-corrected chi connectivity index (χ3v) is 3.73. The fraction of sp³-hybridized carbons (Fsp3) is 0.533. The van der Waals surface area contributed by atoms with Crippen LogP contribution in [0.3, 0.4) is 0 Å². The van der Waals surface area contributed by atoms with Gasteiger partial charge in [-0.25, -0.2) is 0 Å². The van der Waals surface area contributed by atoms with Crippen LogP contribution in [0.5, 0.6) is 5.75 Å². The number of methoxy groups -OCH3 is 1. The summed E-state index contributed by atoms with van der Waals surface area (Å²) in [6.45, 7) is 1.43. The lowest BCUT2D eigenvalue weighted by Gasteiger charge is -2.23. The maximum atomic E-state index is 12.2. The number of aryl methyl sites for hydroxylation is 1. The van der Waals surface area contributed by atoms with Crippen molar-refractivity contribution in [3.63, 3.8) is 0 Å². The fourth-order valence-electron chi connectivity index (χ4n) is 2.63. The first-order chi connectivity index (χ1) is 9.24. The first-order valence-corrected chi connectivity index (χ1v) is 6.87. The summed E-state index contributed by atoms with van der Waals surface area (Å²) >= 11 is 0. The van der Waals surface area contributed by atoms with Crippen molar-refractivity contribution in [3.8, 4) is 5.75 Å². The van der Waals surface area contributed by atoms with E-state index < -0.39 is 0 Å². The van der Waals surface area contributed by atoms with Gasteiger partial charge in [0.1, 0.15) is 5.75 Å². The molecule has 1 fully saturated rings. The monoisotopic (exact) mass is 262 g/mol. The highest BCUT2D eigenvalue weighted by Gasteiger charge is 2.26. The number of nitrogens with zero attached hydrogens (tertiary/aromatic N) is 1. The number of amides is 1. The second kappa shape index (κ2) is 6.57. The van der Waals surface area contributed by atoms with Gasteiger partial charge in [-0.15, -0.1) is 0 Å². The lowest BCUT2D eigenvalue weighted by molar-refractivity contribution is -0.131. The topological polar surface area (TPSA) is 55.6 Å². The molecule has 4 heteroatoms. The van der Waals surface area contributed by atoms with Crippen LogP contribution in [0.25, 0.3) is 0 Å². The highest BCUT2D eigenvalue weighted by Crippen LogP contribution is 2.19. The summed E-state index contributed by atoms with van der Waals surface area (Å²) in [6, 6.07) is 8.13. The summed E-state index contributed by atoms with van der Waals surface area (Å²) in [5.74, 6) is 1.06. The van der Waals surface area contributed by atoms with Gasteiger partial charge < -0.3 is 15.4 Å². The van der Waals surface area contributed by atoms with E-state index in [1.165, 1.54) is 0 Å². The molecule has 2 N–H and O–H groups in total. The molecule has 0 aromatic heterocycles. The summed E-state index contributed by atoms with van der Waals surface area (Å²) < 4.78 is 5.18. The van der Waals surface area contributed by atoms with Gasteiger partial charge in [0.2, 0.25) is 5.91 Å². The summed E-state index contributed by atoms with van der Waals surface area (Å²) in [7, 11) is 1.65. The Kier molecular flexibility index (Phi) is 4.80. The number of rotatable bonds is 5. The Morgan fingerprint density at radius 1 is 1.53 bits per heavy atom. The van der Waals surface area contributed by atoms with Crippen LogP contribution in [0, 0.1) is 0 Å². The zero-order valence-corrected chi connectivity index (χ0v) is 11.5. The van der Waals surface area contributed by atoms with Crippen molar-refractivity contribution < 1.29 is 9.53 Å². The Morgan fingerprint density at radius 3 is 3.11 bits per heavy atom. The molecule has 1 aromatic rings. The van der Waals surface area contributed by atoms with Gasteiger partial charge in [0.05, 0.1) is 7.11 Å². The van der Waals surface area contributed by atoms with Crippen molar-refractivity contribution >= 4 is 5.91 Å². The molecular formula is C15H22N2O2. The molecule has 0 bridgehead atoms. The summed E-state index contributed by atoms with van der Waals surface area (Å²) in [5.41, 5.74) is 6.83. The minimum Gasteiger partial charge on any atom is -0.497 e. The molecule has 1 aliphatic rings. The Balaban J connectivity index is 1.89. The average molecular weight is 262 g/mol. The summed E-state index contributed by atoms with van der Waals surface area (Å²) in [4.78, 5) is 14.1. The van der Waals surface area contributed by atoms with Gasteiger partial charge in [0.25, 0.3) is 0 Å². The van der Waals surface area contributed by atoms with E-state index in [0.717, 1.165) is 37.1 Å². The molecule has 1 aromatic carbocycles. The van der Waals surface area contributed by atoms with E-state index in [-0.39, 0.29) is 11.9 Å². The first kappa shape index (κ1) is 13.9. The summed E-state index contributed by atoms with van der Waals surface area (Å²) in [6.07, 6.45) is 3.42. The van der Waals surface area contributed by atoms with Crippen LogP contribution in [-0.4, -0.2) is 37.0 Å². The van der Waals surface area contributed by atoms with E-state index in [0.29, 0.717) is 13.0 Å². The zero-order chi connectivity index (χ0) is 13.7. The molecule has 1 amide bonds. The Labute approximate surface area is 114 Å². The predicted molar refractivity (Wildman–Crippen MR) is 75.1 cm³/mol. The third-order valence-electron chi connectivity index (χ3n) is 3.73. The maximum absolute atomic E-state index is 12.2. The number of ether oxygens (including phenoxy) is 1. The van der Waals surface area contributed by atoms with E-state index in [2.05, 4.69) is 0 Å². The van der Waals surface area contributed by atoms with Crippen molar-refractivity contribution in [3.05, 3.63) is 29.8 Å². The van der Waals surface area contributed by atoms with E-state index in [1.807, 2.05) is 29.2 Å². The SMILES string of the molecule is COc1cccc(CCC(=O)N2CCCC2CN)c1. The molecule has 0 radical (unpaired) electrons. The first-order valence-electron chi connectivity index (χ1n) is 6.87. The summed E-state index contributed by atoms with van der Waals surface area (Å²) in [5, 5.41) is 0. The van der Waals surface area contributed by atoms with Gasteiger partial charge in [-0.1, -0.05) is 12.1 Å². The molecular weight excluding hydrogens is 240 g/mol. The number of hydrogen-bond donors (Lipinski definition) is 1. The largest absolute Gasteiger partial charge is 0.497 e. The van der Waals surface area contributed by atoms with Crippen LogP contribution in [0.4, 0.5) is 0 Å². The van der Waals surface area contributed by atoms with Crippen LogP contribution in [0.1, 0.15) is 24.8 Å². The number of carbonyl (C=O) groups is 1. The molecule has 1 heterocycles. The number of benzene rings is 1. The molecule has 1 atom stereocenters. The number of likely N-dealkylation sites (tertiary alicyclic amines) is 1. The number of carbonyl (C=O) groups excluding carboxylic acids is 1. The molecule has 0 saturated carbocycles. The molecule has 0 spiro atoms. The molecule has 1 aliphatic heterocycles. The standard InChI is InChI=1S/C15H22N2O2/c1-19-14-6-2-4-12(10-14)7-8-15(18)17-9-3-5-13(17)11-16/h2,4,6,10,13H,3,5,7-9,11,16H2,1H3. The van der Waals surface area contributed by atoms with Crippen LogP contribution >= 0.6 is 0 Å². The van der Waals surface area contributed by atoms with Crippen LogP contribution in [0.2, 0.25) is 0 Å². The van der Waals surface area contributed by atoms with E-state index in [1.54, 1.807) is 7.11 Å². The van der Waals surface area contributed by atoms with Crippen LogP contribution < -0.4 is 10.5 Å². The third kappa shape index (κ3) is 3.47. The average Bonchev–Trinajstić information content (AvgIpc) is 2.93. The molecule has 1 unspecified atom stereocenters. The quantitative estimate of drug-likeness (QED) is 0.876. The fourth-order valence-corrected chi connectivity index (χ4v) is 2.63.